The molecule has 0 aliphatic carbocycles. The number of aromatic nitrogens is 3. The van der Waals surface area contributed by atoms with E-state index in [1.807, 2.05) is 24.3 Å². The zero-order chi connectivity index (χ0) is 20.2. The van der Waals surface area contributed by atoms with E-state index in [-0.39, 0.29) is 0 Å². The van der Waals surface area contributed by atoms with E-state index in [9.17, 15) is 0 Å². The number of ether oxygens (including phenoxy) is 1. The lowest BCUT2D eigenvalue weighted by Gasteiger charge is -2.37. The molecule has 0 unspecified atom stereocenters. The Hall–Kier alpha value is -3.35. The quantitative estimate of drug-likeness (QED) is 0.714. The van der Waals surface area contributed by atoms with Crippen LogP contribution < -0.4 is 19.9 Å². The fourth-order valence-corrected chi connectivity index (χ4v) is 3.64. The normalized spacial score (nSPS) is 14.0. The van der Waals surface area contributed by atoms with Gasteiger partial charge >= 0.3 is 0 Å². The first kappa shape index (κ1) is 19.0. The molecule has 3 aromatic rings. The first-order chi connectivity index (χ1) is 14.1. The van der Waals surface area contributed by atoms with Gasteiger partial charge in [-0.05, 0) is 37.6 Å². The topological polar surface area (TPSA) is 66.4 Å². The van der Waals surface area contributed by atoms with Crippen LogP contribution >= 0.6 is 0 Å². The number of aryl methyl sites for hydroxylation is 2. The molecule has 1 aliphatic heterocycles. The number of hydrogen-bond acceptors (Lipinski definition) is 7. The smallest absolute Gasteiger partial charge is 0.249 e. The molecule has 1 aliphatic rings. The average molecular weight is 390 g/mol. The summed E-state index contributed by atoms with van der Waals surface area (Å²) in [5.74, 6) is 2.26. The molecule has 7 heteroatoms. The minimum Gasteiger partial charge on any atom is -0.495 e. The van der Waals surface area contributed by atoms with Crippen molar-refractivity contribution in [3.05, 3.63) is 59.8 Å². The summed E-state index contributed by atoms with van der Waals surface area (Å²) in [7, 11) is 1.71. The minimum absolute atomic E-state index is 0.515. The third-order valence-corrected chi connectivity index (χ3v) is 5.20. The highest BCUT2D eigenvalue weighted by Crippen LogP contribution is 2.29. The molecule has 1 saturated heterocycles. The van der Waals surface area contributed by atoms with Crippen LogP contribution in [0.25, 0.3) is 0 Å². The molecular formula is C22H26N6O. The molecular weight excluding hydrogens is 364 g/mol. The SMILES string of the molecule is COc1ccccc1N1CCN(c2cnnc(Nc3ccc(C)cc3C)n2)CC1. The maximum atomic E-state index is 5.51. The Morgan fingerprint density at radius 3 is 2.48 bits per heavy atom. The van der Waals surface area contributed by atoms with Crippen LogP contribution in [-0.4, -0.2) is 48.5 Å². The molecule has 4 rings (SSSR count). The number of anilines is 4. The van der Waals surface area contributed by atoms with Gasteiger partial charge in [-0.3, -0.25) is 0 Å². The maximum Gasteiger partial charge on any atom is 0.249 e. The molecule has 150 valence electrons. The second-order valence-electron chi connectivity index (χ2n) is 7.23. The van der Waals surface area contributed by atoms with Gasteiger partial charge in [0.05, 0.1) is 19.0 Å². The van der Waals surface area contributed by atoms with Gasteiger partial charge in [-0.2, -0.15) is 10.1 Å². The number of nitrogens with one attached hydrogen (secondary N) is 1. The number of methoxy groups -OCH3 is 1. The summed E-state index contributed by atoms with van der Waals surface area (Å²) in [6, 6.07) is 14.4. The van der Waals surface area contributed by atoms with Crippen molar-refractivity contribution in [2.24, 2.45) is 0 Å². The fourth-order valence-electron chi connectivity index (χ4n) is 3.64. The van der Waals surface area contributed by atoms with Crippen molar-refractivity contribution in [2.75, 3.05) is 48.4 Å². The van der Waals surface area contributed by atoms with E-state index >= 15 is 0 Å². The Kier molecular flexibility index (Phi) is 5.46. The number of nitrogens with zero attached hydrogens (tertiary/aromatic N) is 5. The minimum atomic E-state index is 0.515. The number of para-hydroxylation sites is 2. The van der Waals surface area contributed by atoms with E-state index < -0.39 is 0 Å². The van der Waals surface area contributed by atoms with E-state index in [0.717, 1.165) is 54.7 Å². The third kappa shape index (κ3) is 4.23. The molecule has 29 heavy (non-hydrogen) atoms. The molecule has 0 atom stereocenters. The monoisotopic (exact) mass is 390 g/mol. The summed E-state index contributed by atoms with van der Waals surface area (Å²) in [5, 5.41) is 11.6. The fraction of sp³-hybridized carbons (Fsp3) is 0.318. The first-order valence-corrected chi connectivity index (χ1v) is 9.81. The Labute approximate surface area is 171 Å². The number of benzene rings is 2. The zero-order valence-electron chi connectivity index (χ0n) is 17.1. The highest BCUT2D eigenvalue weighted by Gasteiger charge is 2.21. The van der Waals surface area contributed by atoms with Gasteiger partial charge in [-0.25, -0.2) is 0 Å². The van der Waals surface area contributed by atoms with E-state index in [2.05, 4.69) is 62.3 Å². The van der Waals surface area contributed by atoms with Gasteiger partial charge in [0, 0.05) is 31.9 Å². The summed E-state index contributed by atoms with van der Waals surface area (Å²) in [6.45, 7) is 7.66. The molecule has 0 saturated carbocycles. The molecule has 1 fully saturated rings. The van der Waals surface area contributed by atoms with Gasteiger partial charge in [0.1, 0.15) is 5.75 Å². The van der Waals surface area contributed by atoms with Crippen LogP contribution in [0.2, 0.25) is 0 Å². The Morgan fingerprint density at radius 1 is 0.966 bits per heavy atom. The van der Waals surface area contributed by atoms with Crippen LogP contribution in [0.15, 0.2) is 48.7 Å². The Balaban J connectivity index is 1.44. The molecule has 0 bridgehead atoms. The molecule has 2 heterocycles. The lowest BCUT2D eigenvalue weighted by atomic mass is 10.1. The summed E-state index contributed by atoms with van der Waals surface area (Å²) in [4.78, 5) is 9.27. The van der Waals surface area contributed by atoms with Crippen molar-refractivity contribution in [1.82, 2.24) is 15.2 Å². The van der Waals surface area contributed by atoms with Crippen molar-refractivity contribution in [3.63, 3.8) is 0 Å². The molecule has 0 spiro atoms. The van der Waals surface area contributed by atoms with Crippen LogP contribution in [-0.2, 0) is 0 Å². The van der Waals surface area contributed by atoms with Crippen LogP contribution in [0.4, 0.5) is 23.1 Å². The number of rotatable bonds is 5. The van der Waals surface area contributed by atoms with Gasteiger partial charge in [-0.1, -0.05) is 29.8 Å². The highest BCUT2D eigenvalue weighted by atomic mass is 16.5. The van der Waals surface area contributed by atoms with Crippen LogP contribution in [0, 0.1) is 13.8 Å². The molecule has 1 N–H and O–H groups in total. The van der Waals surface area contributed by atoms with E-state index in [1.165, 1.54) is 5.56 Å². The van der Waals surface area contributed by atoms with E-state index in [0.29, 0.717) is 5.95 Å². The van der Waals surface area contributed by atoms with Crippen molar-refractivity contribution >= 4 is 23.1 Å². The number of piperazine rings is 1. The molecule has 0 amide bonds. The van der Waals surface area contributed by atoms with E-state index in [1.54, 1.807) is 13.3 Å². The largest absolute Gasteiger partial charge is 0.495 e. The lowest BCUT2D eigenvalue weighted by molar-refractivity contribution is 0.413. The highest BCUT2D eigenvalue weighted by molar-refractivity contribution is 5.61. The van der Waals surface area contributed by atoms with Gasteiger partial charge in [-0.15, -0.1) is 5.10 Å². The second-order valence-corrected chi connectivity index (χ2v) is 7.23. The van der Waals surface area contributed by atoms with Gasteiger partial charge in [0.25, 0.3) is 0 Å². The van der Waals surface area contributed by atoms with Gasteiger partial charge in [0.15, 0.2) is 5.82 Å². The summed E-state index contributed by atoms with van der Waals surface area (Å²) < 4.78 is 5.51. The van der Waals surface area contributed by atoms with Crippen molar-refractivity contribution < 1.29 is 4.74 Å². The number of hydrogen-bond donors (Lipinski definition) is 1. The summed E-state index contributed by atoms with van der Waals surface area (Å²) in [5.41, 5.74) is 4.52. The summed E-state index contributed by atoms with van der Waals surface area (Å²) in [6.07, 6.45) is 1.73. The van der Waals surface area contributed by atoms with Crippen LogP contribution in [0.1, 0.15) is 11.1 Å². The van der Waals surface area contributed by atoms with Crippen LogP contribution in [0.3, 0.4) is 0 Å². The van der Waals surface area contributed by atoms with Gasteiger partial charge < -0.3 is 19.9 Å². The zero-order valence-corrected chi connectivity index (χ0v) is 17.1. The predicted molar refractivity (Wildman–Crippen MR) is 116 cm³/mol. The predicted octanol–water partition coefficient (Wildman–Crippen LogP) is 3.57. The first-order valence-electron chi connectivity index (χ1n) is 9.81. The Bertz CT molecular complexity index is 985. The van der Waals surface area contributed by atoms with Crippen molar-refractivity contribution in [2.45, 2.75) is 13.8 Å². The van der Waals surface area contributed by atoms with Crippen LogP contribution in [0.5, 0.6) is 5.75 Å². The molecule has 0 radical (unpaired) electrons. The molecule has 2 aromatic carbocycles. The lowest BCUT2D eigenvalue weighted by Crippen LogP contribution is -2.47. The van der Waals surface area contributed by atoms with Crippen molar-refractivity contribution in [3.8, 4) is 5.75 Å². The maximum absolute atomic E-state index is 5.51. The average Bonchev–Trinajstić information content (AvgIpc) is 2.76. The second kappa shape index (κ2) is 8.34. The third-order valence-electron chi connectivity index (χ3n) is 5.20. The molecule has 7 nitrogen and oxygen atoms in total. The van der Waals surface area contributed by atoms with E-state index in [4.69, 9.17) is 4.74 Å². The molecule has 1 aromatic heterocycles. The Morgan fingerprint density at radius 2 is 1.72 bits per heavy atom. The summed E-state index contributed by atoms with van der Waals surface area (Å²) >= 11 is 0. The standard InChI is InChI=1S/C22H26N6O/c1-16-8-9-18(17(2)14-16)24-22-25-21(15-23-26-22)28-12-10-27(11-13-28)19-6-4-5-7-20(19)29-3/h4-9,14-15H,10-13H2,1-3H3,(H,24,25,26). The van der Waals surface area contributed by atoms with Gasteiger partial charge in [0.2, 0.25) is 5.95 Å². The van der Waals surface area contributed by atoms with Crippen molar-refractivity contribution in [1.29, 1.82) is 0 Å².